The first-order chi connectivity index (χ1) is 9.93. The molecule has 3 rings (SSSR count). The Morgan fingerprint density at radius 3 is 2.55 bits per heavy atom. The lowest BCUT2D eigenvalue weighted by atomic mass is 10.1. The number of pyridine rings is 1. The van der Waals surface area contributed by atoms with Crippen molar-refractivity contribution < 1.29 is 0 Å². The van der Waals surface area contributed by atoms with Crippen LogP contribution in [0.2, 0.25) is 0 Å². The lowest BCUT2D eigenvalue weighted by molar-refractivity contribution is 0.666. The molecule has 20 heavy (non-hydrogen) atoms. The van der Waals surface area contributed by atoms with Crippen LogP contribution in [0.1, 0.15) is 11.4 Å². The van der Waals surface area contributed by atoms with E-state index in [1.165, 1.54) is 0 Å². The van der Waals surface area contributed by atoms with E-state index in [9.17, 15) is 0 Å². The van der Waals surface area contributed by atoms with E-state index in [4.69, 9.17) is 0 Å². The van der Waals surface area contributed by atoms with E-state index in [1.807, 2.05) is 48.5 Å². The summed E-state index contributed by atoms with van der Waals surface area (Å²) in [5, 5.41) is 14.4. The maximum atomic E-state index is 4.27. The lowest BCUT2D eigenvalue weighted by Gasteiger charge is -2.03. The molecule has 100 valence electrons. The fourth-order valence-corrected chi connectivity index (χ4v) is 2.01. The van der Waals surface area contributed by atoms with Gasteiger partial charge in [0, 0.05) is 24.8 Å². The van der Waals surface area contributed by atoms with Gasteiger partial charge in [0.25, 0.3) is 0 Å². The Bertz CT molecular complexity index is 648. The molecule has 0 unspecified atom stereocenters. The summed E-state index contributed by atoms with van der Waals surface area (Å²) in [6.07, 6.45) is 1.79. The second-order valence-corrected chi connectivity index (χ2v) is 4.41. The molecule has 2 aromatic heterocycles. The van der Waals surface area contributed by atoms with Gasteiger partial charge in [-0.15, -0.1) is 0 Å². The number of aromatic nitrogens is 4. The summed E-state index contributed by atoms with van der Waals surface area (Å²) < 4.78 is 0. The van der Waals surface area contributed by atoms with Gasteiger partial charge in [0.1, 0.15) is 11.4 Å². The Hall–Kier alpha value is -2.53. The predicted octanol–water partition coefficient (Wildman–Crippen LogP) is 2.16. The third kappa shape index (κ3) is 2.89. The van der Waals surface area contributed by atoms with Crippen molar-refractivity contribution >= 4 is 0 Å². The van der Waals surface area contributed by atoms with Crippen LogP contribution < -0.4 is 5.32 Å². The summed E-state index contributed by atoms with van der Waals surface area (Å²) in [7, 11) is 0. The summed E-state index contributed by atoms with van der Waals surface area (Å²) >= 11 is 0. The molecule has 0 radical (unpaired) electrons. The Balaban J connectivity index is 1.66. The normalized spacial score (nSPS) is 10.6. The molecule has 0 spiro atoms. The fraction of sp³-hybridized carbons (Fsp3) is 0.133. The third-order valence-electron chi connectivity index (χ3n) is 2.99. The van der Waals surface area contributed by atoms with Gasteiger partial charge in [0.2, 0.25) is 0 Å². The molecule has 3 aromatic rings. The number of nitrogens with zero attached hydrogens (tertiary/aromatic N) is 3. The summed E-state index contributed by atoms with van der Waals surface area (Å²) in [5.74, 6) is 0. The lowest BCUT2D eigenvalue weighted by Crippen LogP contribution is -2.14. The Kier molecular flexibility index (Phi) is 3.80. The molecule has 2 heterocycles. The third-order valence-corrected chi connectivity index (χ3v) is 2.99. The molecule has 1 aromatic carbocycles. The monoisotopic (exact) mass is 265 g/mol. The van der Waals surface area contributed by atoms with E-state index in [2.05, 4.69) is 25.7 Å². The molecule has 0 bridgehead atoms. The van der Waals surface area contributed by atoms with Crippen LogP contribution in [0.4, 0.5) is 0 Å². The first-order valence-electron chi connectivity index (χ1n) is 6.49. The second-order valence-electron chi connectivity index (χ2n) is 4.41. The SMILES string of the molecule is c1ccc(-c2n[nH]nc2CNCc2ccccn2)cc1. The quantitative estimate of drug-likeness (QED) is 0.742. The van der Waals surface area contributed by atoms with Crippen LogP contribution in [-0.2, 0) is 13.1 Å². The maximum absolute atomic E-state index is 4.27. The molecule has 0 amide bonds. The predicted molar refractivity (Wildman–Crippen MR) is 76.6 cm³/mol. The molecule has 0 aliphatic heterocycles. The smallest absolute Gasteiger partial charge is 0.117 e. The summed E-state index contributed by atoms with van der Waals surface area (Å²) in [6.45, 7) is 1.36. The molecule has 5 nitrogen and oxygen atoms in total. The zero-order valence-electron chi connectivity index (χ0n) is 11.0. The molecule has 0 saturated heterocycles. The van der Waals surface area contributed by atoms with Crippen molar-refractivity contribution in [2.24, 2.45) is 0 Å². The van der Waals surface area contributed by atoms with Crippen LogP contribution in [0.5, 0.6) is 0 Å². The van der Waals surface area contributed by atoms with E-state index in [0.29, 0.717) is 13.1 Å². The van der Waals surface area contributed by atoms with E-state index >= 15 is 0 Å². The average Bonchev–Trinajstić information content (AvgIpc) is 2.98. The number of hydrogen-bond donors (Lipinski definition) is 2. The number of H-pyrrole nitrogens is 1. The van der Waals surface area contributed by atoms with Crippen molar-refractivity contribution in [3.8, 4) is 11.3 Å². The van der Waals surface area contributed by atoms with E-state index in [1.54, 1.807) is 6.20 Å². The minimum Gasteiger partial charge on any atom is -0.305 e. The largest absolute Gasteiger partial charge is 0.305 e. The highest BCUT2D eigenvalue weighted by Crippen LogP contribution is 2.18. The van der Waals surface area contributed by atoms with Gasteiger partial charge in [0.15, 0.2) is 0 Å². The molecule has 2 N–H and O–H groups in total. The van der Waals surface area contributed by atoms with E-state index < -0.39 is 0 Å². The van der Waals surface area contributed by atoms with Crippen molar-refractivity contribution in [3.63, 3.8) is 0 Å². The van der Waals surface area contributed by atoms with Gasteiger partial charge in [-0.1, -0.05) is 36.4 Å². The van der Waals surface area contributed by atoms with Gasteiger partial charge in [-0.05, 0) is 12.1 Å². The highest BCUT2D eigenvalue weighted by atomic mass is 15.3. The topological polar surface area (TPSA) is 66.5 Å². The maximum Gasteiger partial charge on any atom is 0.117 e. The van der Waals surface area contributed by atoms with Crippen LogP contribution in [0.15, 0.2) is 54.7 Å². The zero-order chi connectivity index (χ0) is 13.6. The molecule has 0 fully saturated rings. The molecular weight excluding hydrogens is 250 g/mol. The van der Waals surface area contributed by atoms with Gasteiger partial charge in [-0.2, -0.15) is 15.4 Å². The molecule has 0 atom stereocenters. The summed E-state index contributed by atoms with van der Waals surface area (Å²) in [6, 6.07) is 15.9. The van der Waals surface area contributed by atoms with Crippen LogP contribution in [0, 0.1) is 0 Å². The minimum absolute atomic E-state index is 0.650. The highest BCUT2D eigenvalue weighted by molar-refractivity contribution is 5.60. The van der Waals surface area contributed by atoms with Crippen LogP contribution in [0.25, 0.3) is 11.3 Å². The van der Waals surface area contributed by atoms with Gasteiger partial charge in [-0.3, -0.25) is 4.98 Å². The number of nitrogens with one attached hydrogen (secondary N) is 2. The van der Waals surface area contributed by atoms with Crippen molar-refractivity contribution in [3.05, 3.63) is 66.1 Å². The minimum atomic E-state index is 0.650. The van der Waals surface area contributed by atoms with Crippen molar-refractivity contribution in [1.82, 2.24) is 25.7 Å². The standard InChI is InChI=1S/C15H15N5/c1-2-6-12(7-3-1)15-14(18-20-19-15)11-16-10-13-8-4-5-9-17-13/h1-9,16H,10-11H2,(H,18,19,20). The second kappa shape index (κ2) is 6.08. The highest BCUT2D eigenvalue weighted by Gasteiger charge is 2.09. The van der Waals surface area contributed by atoms with Crippen LogP contribution in [0.3, 0.4) is 0 Å². The van der Waals surface area contributed by atoms with Crippen molar-refractivity contribution in [1.29, 1.82) is 0 Å². The zero-order valence-corrected chi connectivity index (χ0v) is 11.0. The first kappa shape index (κ1) is 12.5. The van der Waals surface area contributed by atoms with Crippen molar-refractivity contribution in [2.45, 2.75) is 13.1 Å². The average molecular weight is 265 g/mol. The van der Waals surface area contributed by atoms with E-state index in [0.717, 1.165) is 22.6 Å². The summed E-state index contributed by atoms with van der Waals surface area (Å²) in [5.41, 5.74) is 3.87. The summed E-state index contributed by atoms with van der Waals surface area (Å²) in [4.78, 5) is 4.27. The van der Waals surface area contributed by atoms with Crippen LogP contribution in [-0.4, -0.2) is 20.4 Å². The Labute approximate surface area is 117 Å². The number of benzene rings is 1. The van der Waals surface area contributed by atoms with Crippen molar-refractivity contribution in [2.75, 3.05) is 0 Å². The molecule has 5 heteroatoms. The Morgan fingerprint density at radius 2 is 1.75 bits per heavy atom. The molecule has 0 saturated carbocycles. The number of hydrogen-bond acceptors (Lipinski definition) is 4. The molecule has 0 aliphatic carbocycles. The fourth-order valence-electron chi connectivity index (χ4n) is 2.01. The van der Waals surface area contributed by atoms with Gasteiger partial charge < -0.3 is 5.32 Å². The molecule has 0 aliphatic rings. The van der Waals surface area contributed by atoms with Crippen LogP contribution >= 0.6 is 0 Å². The van der Waals surface area contributed by atoms with E-state index in [-0.39, 0.29) is 0 Å². The Morgan fingerprint density at radius 1 is 0.900 bits per heavy atom. The number of aromatic amines is 1. The first-order valence-corrected chi connectivity index (χ1v) is 6.49. The number of rotatable bonds is 5. The van der Waals surface area contributed by atoms with Gasteiger partial charge in [0.05, 0.1) is 5.69 Å². The van der Waals surface area contributed by atoms with Gasteiger partial charge >= 0.3 is 0 Å². The van der Waals surface area contributed by atoms with Gasteiger partial charge in [-0.25, -0.2) is 0 Å². The molecular formula is C15H15N5.